The Kier molecular flexibility index (Phi) is 2.84. The first-order valence-corrected chi connectivity index (χ1v) is 6.13. The van der Waals surface area contributed by atoms with Crippen LogP contribution in [0.15, 0.2) is 47.2 Å². The molecule has 1 heterocycles. The minimum atomic E-state index is -0.329. The fourth-order valence-electron chi connectivity index (χ4n) is 1.31. The van der Waals surface area contributed by atoms with E-state index in [-0.39, 0.29) is 16.7 Å². The van der Waals surface area contributed by atoms with Crippen LogP contribution in [0.2, 0.25) is 0 Å². The molecule has 0 amide bonds. The lowest BCUT2D eigenvalue weighted by molar-refractivity contribution is 0.102. The molecule has 14 heavy (non-hydrogen) atoms. The van der Waals surface area contributed by atoms with Crippen LogP contribution >= 0.6 is 10.9 Å². The number of hydrogen-bond donors (Lipinski definition) is 1. The first-order chi connectivity index (χ1) is 6.86. The molecule has 1 radical (unpaired) electrons. The summed E-state index contributed by atoms with van der Waals surface area (Å²) < 4.78 is 0. The zero-order valence-electron chi connectivity index (χ0n) is 7.68. The van der Waals surface area contributed by atoms with Crippen molar-refractivity contribution in [2.24, 2.45) is 0 Å². The molecule has 1 aromatic rings. The van der Waals surface area contributed by atoms with Gasteiger partial charge in [0.2, 0.25) is 0 Å². The van der Waals surface area contributed by atoms with E-state index < -0.39 is 0 Å². The normalized spacial score (nSPS) is 16.1. The average molecular weight is 203 g/mol. The summed E-state index contributed by atoms with van der Waals surface area (Å²) in [7, 11) is -0.329. The predicted molar refractivity (Wildman–Crippen MR) is 61.7 cm³/mol. The van der Waals surface area contributed by atoms with Crippen LogP contribution < -0.4 is 0 Å². The van der Waals surface area contributed by atoms with E-state index in [4.69, 9.17) is 0 Å². The number of benzene rings is 1. The van der Waals surface area contributed by atoms with Crippen molar-refractivity contribution in [1.29, 1.82) is 0 Å². The lowest BCUT2D eigenvalue weighted by Gasteiger charge is -2.07. The van der Waals surface area contributed by atoms with Crippen LogP contribution in [-0.4, -0.2) is 11.5 Å². The summed E-state index contributed by atoms with van der Waals surface area (Å²) in [5.74, 6) is 0.855. The molecule has 2 heteroatoms. The third-order valence-electron chi connectivity index (χ3n) is 2.03. The van der Waals surface area contributed by atoms with Crippen LogP contribution in [0.1, 0.15) is 10.4 Å². The number of Topliss-reactive ketones (excluding diaryl/α,β-unsaturated/α-hetero) is 1. The molecule has 1 aliphatic heterocycles. The molecule has 0 aromatic heterocycles. The van der Waals surface area contributed by atoms with Crippen LogP contribution in [0.5, 0.6) is 0 Å². The highest BCUT2D eigenvalue weighted by Crippen LogP contribution is 2.33. The van der Waals surface area contributed by atoms with Gasteiger partial charge in [-0.1, -0.05) is 36.4 Å². The molecule has 0 aliphatic carbocycles. The maximum atomic E-state index is 11.7. The maximum absolute atomic E-state index is 11.7. The minimum absolute atomic E-state index is 0.223. The second-order valence-corrected chi connectivity index (χ2v) is 5.01. The largest absolute Gasteiger partial charge is 0.293 e. The van der Waals surface area contributed by atoms with Gasteiger partial charge in [0.05, 0.1) is 0 Å². The van der Waals surface area contributed by atoms with Crippen LogP contribution in [0.3, 0.4) is 0 Å². The molecular formula is C12H11OS. The number of allylic oxidation sites excluding steroid dienone is 2. The molecule has 0 bridgehead atoms. The maximum Gasteiger partial charge on any atom is 0.171 e. The van der Waals surface area contributed by atoms with Gasteiger partial charge in [-0.3, -0.25) is 4.79 Å². The third kappa shape index (κ3) is 2.15. The van der Waals surface area contributed by atoms with Crippen molar-refractivity contribution >= 4 is 16.7 Å². The van der Waals surface area contributed by atoms with Crippen molar-refractivity contribution in [3.8, 4) is 0 Å². The molecule has 71 valence electrons. The molecule has 0 N–H and O–H groups in total. The zero-order chi connectivity index (χ0) is 9.80. The van der Waals surface area contributed by atoms with Gasteiger partial charge in [0, 0.05) is 11.3 Å². The molecule has 1 aliphatic rings. The van der Waals surface area contributed by atoms with Gasteiger partial charge < -0.3 is 0 Å². The average Bonchev–Trinajstić information content (AvgIpc) is 2.72. The van der Waals surface area contributed by atoms with E-state index in [2.05, 4.69) is 16.9 Å². The lowest BCUT2D eigenvalue weighted by Crippen LogP contribution is -2.03. The molecule has 0 spiro atoms. The van der Waals surface area contributed by atoms with Crippen molar-refractivity contribution < 1.29 is 4.79 Å². The van der Waals surface area contributed by atoms with E-state index in [9.17, 15) is 4.79 Å². The third-order valence-corrected chi connectivity index (χ3v) is 3.80. The van der Waals surface area contributed by atoms with E-state index in [0.29, 0.717) is 5.75 Å². The van der Waals surface area contributed by atoms with Crippen LogP contribution in [0.4, 0.5) is 0 Å². The van der Waals surface area contributed by atoms with Crippen LogP contribution in [-0.2, 0) is 0 Å². The molecule has 0 saturated carbocycles. The Morgan fingerprint density at radius 3 is 2.50 bits per heavy atom. The van der Waals surface area contributed by atoms with E-state index in [1.807, 2.05) is 24.3 Å². The highest BCUT2D eigenvalue weighted by molar-refractivity contribution is 8.22. The van der Waals surface area contributed by atoms with Gasteiger partial charge in [0.1, 0.15) is 0 Å². The highest BCUT2D eigenvalue weighted by atomic mass is 32.2. The number of rotatable bonds is 3. The molecular weight excluding hydrogens is 192 g/mol. The van der Waals surface area contributed by atoms with E-state index in [1.54, 1.807) is 12.1 Å². The Morgan fingerprint density at radius 2 is 1.86 bits per heavy atom. The quantitative estimate of drug-likeness (QED) is 0.590. The molecule has 0 atom stereocenters. The molecule has 1 aromatic carbocycles. The van der Waals surface area contributed by atoms with Crippen molar-refractivity contribution in [1.82, 2.24) is 0 Å². The first kappa shape index (κ1) is 9.28. The lowest BCUT2D eigenvalue weighted by atomic mass is 10.2. The monoisotopic (exact) mass is 203 g/mol. The topological polar surface area (TPSA) is 17.1 Å². The second-order valence-electron chi connectivity index (χ2n) is 3.07. The minimum Gasteiger partial charge on any atom is -0.293 e. The van der Waals surface area contributed by atoms with Crippen LogP contribution in [0.25, 0.3) is 0 Å². The van der Waals surface area contributed by atoms with Gasteiger partial charge in [-0.15, -0.1) is 0 Å². The van der Waals surface area contributed by atoms with Crippen molar-refractivity contribution in [2.75, 3.05) is 5.75 Å². The SMILES string of the molecule is O=C(C[SH]1C=CC=C1)c1cc[c]cc1. The molecule has 0 fully saturated rings. The number of thiol groups is 1. The van der Waals surface area contributed by atoms with Crippen LogP contribution in [0, 0.1) is 6.07 Å². The second kappa shape index (κ2) is 4.29. The summed E-state index contributed by atoms with van der Waals surface area (Å²) in [5, 5.41) is 4.23. The van der Waals surface area contributed by atoms with Gasteiger partial charge in [-0.05, 0) is 16.9 Å². The van der Waals surface area contributed by atoms with E-state index >= 15 is 0 Å². The number of carbonyl (C=O) groups excluding carboxylic acids is 1. The number of hydrogen-bond acceptors (Lipinski definition) is 1. The van der Waals surface area contributed by atoms with Crippen molar-refractivity contribution in [2.45, 2.75) is 0 Å². The summed E-state index contributed by atoms with van der Waals surface area (Å²) in [6, 6.07) is 10.1. The zero-order valence-corrected chi connectivity index (χ0v) is 8.58. The Morgan fingerprint density at radius 1 is 1.21 bits per heavy atom. The van der Waals surface area contributed by atoms with Gasteiger partial charge in [-0.2, -0.15) is 0 Å². The summed E-state index contributed by atoms with van der Waals surface area (Å²) in [6.45, 7) is 0. The highest BCUT2D eigenvalue weighted by Gasteiger charge is 2.08. The molecule has 1 nitrogen and oxygen atoms in total. The van der Waals surface area contributed by atoms with Crippen molar-refractivity contribution in [3.05, 3.63) is 58.9 Å². The van der Waals surface area contributed by atoms with Gasteiger partial charge in [-0.25, -0.2) is 10.9 Å². The number of ketones is 1. The fraction of sp³-hybridized carbons (Fsp3) is 0.0833. The van der Waals surface area contributed by atoms with Crippen molar-refractivity contribution in [3.63, 3.8) is 0 Å². The summed E-state index contributed by atoms with van der Waals surface area (Å²) in [4.78, 5) is 11.7. The molecule has 2 rings (SSSR count). The first-order valence-electron chi connectivity index (χ1n) is 4.46. The fourth-order valence-corrected chi connectivity index (χ4v) is 2.77. The number of carbonyl (C=O) groups is 1. The summed E-state index contributed by atoms with van der Waals surface area (Å²) in [6.07, 6.45) is 4.02. The molecule has 0 unspecified atom stereocenters. The van der Waals surface area contributed by atoms with Gasteiger partial charge >= 0.3 is 0 Å². The Bertz CT molecular complexity index is 367. The Labute approximate surface area is 86.5 Å². The Hall–Kier alpha value is -1.28. The summed E-state index contributed by atoms with van der Waals surface area (Å²) in [5.41, 5.74) is 0.792. The standard InChI is InChI=1S/C12H11OS/c13-12(10-14-8-4-5-9-14)11-6-2-1-3-7-11/h2-9,14H,10H2. The predicted octanol–water partition coefficient (Wildman–Crippen LogP) is 2.71. The van der Waals surface area contributed by atoms with E-state index in [0.717, 1.165) is 5.56 Å². The molecule has 0 saturated heterocycles. The smallest absolute Gasteiger partial charge is 0.171 e. The summed E-state index contributed by atoms with van der Waals surface area (Å²) >= 11 is 0. The Balaban J connectivity index is 2.03. The van der Waals surface area contributed by atoms with Gasteiger partial charge in [0.15, 0.2) is 5.78 Å². The van der Waals surface area contributed by atoms with E-state index in [1.165, 1.54) is 0 Å². The van der Waals surface area contributed by atoms with Gasteiger partial charge in [0.25, 0.3) is 0 Å².